The van der Waals surface area contributed by atoms with E-state index in [9.17, 15) is 4.79 Å². The maximum Gasteiger partial charge on any atom is 0.258 e. The van der Waals surface area contributed by atoms with Crippen LogP contribution in [-0.2, 0) is 11.4 Å². The summed E-state index contributed by atoms with van der Waals surface area (Å²) in [5.41, 5.74) is 5.89. The number of benzene rings is 1. The normalized spacial score (nSPS) is 12.1. The van der Waals surface area contributed by atoms with Gasteiger partial charge in [-0.25, -0.2) is 0 Å². The van der Waals surface area contributed by atoms with Crippen LogP contribution in [0.25, 0.3) is 0 Å². The molecule has 15 heavy (non-hydrogen) atoms. The average Bonchev–Trinajstić information content (AvgIpc) is 2.25. The maximum atomic E-state index is 10.9. The molecule has 0 aromatic heterocycles. The van der Waals surface area contributed by atoms with Crippen molar-refractivity contribution in [2.45, 2.75) is 26.1 Å². The second-order valence-corrected chi connectivity index (χ2v) is 3.22. The molecule has 0 saturated heterocycles. The molecular weight excluding hydrogens is 194 g/mol. The van der Waals surface area contributed by atoms with Crippen molar-refractivity contribution in [3.05, 3.63) is 29.8 Å². The Hall–Kier alpha value is -1.55. The van der Waals surface area contributed by atoms with Crippen molar-refractivity contribution < 1.29 is 14.6 Å². The zero-order valence-corrected chi connectivity index (χ0v) is 8.64. The fourth-order valence-corrected chi connectivity index (χ4v) is 1.22. The van der Waals surface area contributed by atoms with E-state index in [1.165, 1.54) is 0 Å². The van der Waals surface area contributed by atoms with Gasteiger partial charge in [0, 0.05) is 0 Å². The second kappa shape index (κ2) is 5.36. The molecule has 1 amide bonds. The van der Waals surface area contributed by atoms with Gasteiger partial charge < -0.3 is 15.6 Å². The van der Waals surface area contributed by atoms with Gasteiger partial charge in [-0.15, -0.1) is 0 Å². The van der Waals surface area contributed by atoms with E-state index in [2.05, 4.69) is 0 Å². The lowest BCUT2D eigenvalue weighted by molar-refractivity contribution is -0.124. The van der Waals surface area contributed by atoms with Crippen LogP contribution in [0.1, 0.15) is 18.9 Å². The molecular formula is C11H15NO3. The summed E-state index contributed by atoms with van der Waals surface area (Å²) < 4.78 is 5.38. The molecule has 4 nitrogen and oxygen atoms in total. The molecule has 1 unspecified atom stereocenters. The molecule has 1 atom stereocenters. The van der Waals surface area contributed by atoms with E-state index in [-0.39, 0.29) is 6.61 Å². The molecule has 1 aromatic rings. The summed E-state index contributed by atoms with van der Waals surface area (Å²) >= 11 is 0. The smallest absolute Gasteiger partial charge is 0.258 e. The van der Waals surface area contributed by atoms with E-state index in [4.69, 9.17) is 15.6 Å². The largest absolute Gasteiger partial charge is 0.481 e. The minimum atomic E-state index is -0.612. The van der Waals surface area contributed by atoms with E-state index in [0.717, 1.165) is 5.56 Å². The van der Waals surface area contributed by atoms with Gasteiger partial charge in [0.05, 0.1) is 6.61 Å². The van der Waals surface area contributed by atoms with Crippen LogP contribution >= 0.6 is 0 Å². The first-order chi connectivity index (χ1) is 7.17. The highest BCUT2D eigenvalue weighted by molar-refractivity contribution is 5.79. The number of amides is 1. The molecule has 0 aliphatic carbocycles. The highest BCUT2D eigenvalue weighted by Gasteiger charge is 2.14. The van der Waals surface area contributed by atoms with Crippen molar-refractivity contribution in [1.29, 1.82) is 0 Å². The first-order valence-corrected chi connectivity index (χ1v) is 4.83. The number of carbonyl (C=O) groups excluding carboxylic acids is 1. The Morgan fingerprint density at radius 2 is 2.33 bits per heavy atom. The first kappa shape index (κ1) is 11.5. The predicted octanol–water partition coefficient (Wildman–Crippen LogP) is 0.822. The fraction of sp³-hybridized carbons (Fsp3) is 0.364. The quantitative estimate of drug-likeness (QED) is 0.754. The molecule has 0 aliphatic heterocycles. The zero-order chi connectivity index (χ0) is 11.3. The average molecular weight is 209 g/mol. The van der Waals surface area contributed by atoms with Gasteiger partial charge >= 0.3 is 0 Å². The Bertz CT molecular complexity index is 338. The molecule has 0 bridgehead atoms. The molecule has 1 rings (SSSR count). The maximum absolute atomic E-state index is 10.9. The third-order valence-electron chi connectivity index (χ3n) is 2.05. The molecule has 0 aliphatic rings. The van der Waals surface area contributed by atoms with Crippen LogP contribution in [0.4, 0.5) is 0 Å². The first-order valence-electron chi connectivity index (χ1n) is 4.83. The number of rotatable bonds is 5. The van der Waals surface area contributed by atoms with Gasteiger partial charge in [-0.05, 0) is 24.1 Å². The summed E-state index contributed by atoms with van der Waals surface area (Å²) in [5.74, 6) is 0.0686. The molecule has 0 radical (unpaired) electrons. The lowest BCUT2D eigenvalue weighted by Crippen LogP contribution is -2.32. The third-order valence-corrected chi connectivity index (χ3v) is 2.05. The molecule has 0 saturated carbocycles. The molecule has 4 heteroatoms. The topological polar surface area (TPSA) is 72.6 Å². The Labute approximate surface area is 88.7 Å². The standard InChI is InChI=1S/C11H15NO3/c1-2-10(11(12)14)15-9-5-3-4-8(6-9)7-13/h3-6,10,13H,2,7H2,1H3,(H2,12,14). The Kier molecular flexibility index (Phi) is 4.12. The lowest BCUT2D eigenvalue weighted by Gasteiger charge is -2.14. The molecule has 82 valence electrons. The van der Waals surface area contributed by atoms with Crippen LogP contribution in [0.5, 0.6) is 5.75 Å². The van der Waals surface area contributed by atoms with Gasteiger partial charge in [0.15, 0.2) is 6.10 Å². The van der Waals surface area contributed by atoms with Crippen LogP contribution in [0.3, 0.4) is 0 Å². The fourth-order valence-electron chi connectivity index (χ4n) is 1.22. The highest BCUT2D eigenvalue weighted by atomic mass is 16.5. The number of ether oxygens (including phenoxy) is 1. The van der Waals surface area contributed by atoms with E-state index in [1.54, 1.807) is 24.3 Å². The summed E-state index contributed by atoms with van der Waals surface area (Å²) in [6.45, 7) is 1.77. The van der Waals surface area contributed by atoms with Crippen LogP contribution in [0.15, 0.2) is 24.3 Å². The van der Waals surface area contributed by atoms with Gasteiger partial charge in [-0.3, -0.25) is 4.79 Å². The van der Waals surface area contributed by atoms with Gasteiger partial charge in [0.1, 0.15) is 5.75 Å². The molecule has 0 spiro atoms. The molecule has 0 heterocycles. The van der Waals surface area contributed by atoms with Crippen molar-refractivity contribution in [3.63, 3.8) is 0 Å². The van der Waals surface area contributed by atoms with Gasteiger partial charge in [-0.2, -0.15) is 0 Å². The predicted molar refractivity (Wildman–Crippen MR) is 56.3 cm³/mol. The summed E-state index contributed by atoms with van der Waals surface area (Å²) in [6, 6.07) is 6.95. The summed E-state index contributed by atoms with van der Waals surface area (Å²) in [7, 11) is 0. The molecule has 0 fully saturated rings. The van der Waals surface area contributed by atoms with Crippen LogP contribution in [0, 0.1) is 0 Å². The highest BCUT2D eigenvalue weighted by Crippen LogP contribution is 2.15. The number of hydrogen-bond donors (Lipinski definition) is 2. The van der Waals surface area contributed by atoms with Gasteiger partial charge in [-0.1, -0.05) is 19.1 Å². The molecule has 3 N–H and O–H groups in total. The van der Waals surface area contributed by atoms with Crippen LogP contribution in [-0.4, -0.2) is 17.1 Å². The minimum absolute atomic E-state index is 0.0510. The Morgan fingerprint density at radius 3 is 2.87 bits per heavy atom. The second-order valence-electron chi connectivity index (χ2n) is 3.22. The Morgan fingerprint density at radius 1 is 1.60 bits per heavy atom. The SMILES string of the molecule is CCC(Oc1cccc(CO)c1)C(N)=O. The van der Waals surface area contributed by atoms with Gasteiger partial charge in [0.2, 0.25) is 0 Å². The van der Waals surface area contributed by atoms with Crippen LogP contribution < -0.4 is 10.5 Å². The van der Waals surface area contributed by atoms with Crippen molar-refractivity contribution in [2.24, 2.45) is 5.73 Å². The summed E-state index contributed by atoms with van der Waals surface area (Å²) in [4.78, 5) is 10.9. The zero-order valence-electron chi connectivity index (χ0n) is 8.64. The number of primary amides is 1. The number of nitrogens with two attached hydrogens (primary N) is 1. The van der Waals surface area contributed by atoms with Crippen LogP contribution in [0.2, 0.25) is 0 Å². The number of carbonyl (C=O) groups is 1. The van der Waals surface area contributed by atoms with E-state index < -0.39 is 12.0 Å². The minimum Gasteiger partial charge on any atom is -0.481 e. The molecule has 1 aromatic carbocycles. The third kappa shape index (κ3) is 3.25. The number of aliphatic hydroxyl groups is 1. The van der Waals surface area contributed by atoms with Gasteiger partial charge in [0.25, 0.3) is 5.91 Å². The van der Waals surface area contributed by atoms with E-state index in [1.807, 2.05) is 6.92 Å². The number of aliphatic hydroxyl groups excluding tert-OH is 1. The monoisotopic (exact) mass is 209 g/mol. The summed E-state index contributed by atoms with van der Waals surface area (Å²) in [6.07, 6.45) is -0.0856. The van der Waals surface area contributed by atoms with Crippen molar-refractivity contribution in [3.8, 4) is 5.75 Å². The lowest BCUT2D eigenvalue weighted by atomic mass is 10.2. The summed E-state index contributed by atoms with van der Waals surface area (Å²) in [5, 5.41) is 8.92. The number of hydrogen-bond acceptors (Lipinski definition) is 3. The Balaban J connectivity index is 2.74. The van der Waals surface area contributed by atoms with E-state index >= 15 is 0 Å². The van der Waals surface area contributed by atoms with Crippen molar-refractivity contribution >= 4 is 5.91 Å². The van der Waals surface area contributed by atoms with E-state index in [0.29, 0.717) is 12.2 Å². The van der Waals surface area contributed by atoms with Crippen molar-refractivity contribution in [2.75, 3.05) is 0 Å². The van der Waals surface area contributed by atoms with Crippen molar-refractivity contribution in [1.82, 2.24) is 0 Å².